The minimum atomic E-state index is -0.251. The number of hydrogen-bond acceptors (Lipinski definition) is 4. The molecule has 1 aromatic carbocycles. The predicted octanol–water partition coefficient (Wildman–Crippen LogP) is 2.09. The van der Waals surface area contributed by atoms with Crippen LogP contribution in [0.1, 0.15) is 44.2 Å². The van der Waals surface area contributed by atoms with Crippen LogP contribution in [0.4, 0.5) is 4.39 Å². The molecule has 0 saturated heterocycles. The van der Waals surface area contributed by atoms with Crippen molar-refractivity contribution in [2.75, 3.05) is 6.54 Å². The van der Waals surface area contributed by atoms with E-state index in [1.165, 1.54) is 12.1 Å². The molecule has 0 radical (unpaired) electrons. The lowest BCUT2D eigenvalue weighted by Gasteiger charge is -2.17. The van der Waals surface area contributed by atoms with Gasteiger partial charge in [-0.15, -0.1) is 5.10 Å². The zero-order valence-electron chi connectivity index (χ0n) is 11.3. The van der Waals surface area contributed by atoms with Crippen molar-refractivity contribution in [2.24, 2.45) is 0 Å². The molecule has 0 aliphatic heterocycles. The number of halogens is 1. The van der Waals surface area contributed by atoms with E-state index in [1.807, 2.05) is 26.8 Å². The third-order valence-corrected chi connectivity index (χ3v) is 3.11. The van der Waals surface area contributed by atoms with Crippen molar-refractivity contribution >= 4 is 0 Å². The van der Waals surface area contributed by atoms with Crippen molar-refractivity contribution in [1.29, 1.82) is 0 Å². The van der Waals surface area contributed by atoms with Gasteiger partial charge in [0.2, 0.25) is 0 Å². The van der Waals surface area contributed by atoms with Crippen molar-refractivity contribution in [3.05, 3.63) is 41.5 Å². The van der Waals surface area contributed by atoms with Crippen LogP contribution in [-0.4, -0.2) is 26.8 Å². The minimum Gasteiger partial charge on any atom is -0.308 e. The molecule has 0 spiro atoms. The maximum atomic E-state index is 13.3. The van der Waals surface area contributed by atoms with Gasteiger partial charge >= 0.3 is 0 Å². The maximum absolute atomic E-state index is 13.3. The lowest BCUT2D eigenvalue weighted by Crippen LogP contribution is -2.23. The van der Waals surface area contributed by atoms with Gasteiger partial charge in [-0.2, -0.15) is 0 Å². The summed E-state index contributed by atoms with van der Waals surface area (Å²) in [7, 11) is 0. The lowest BCUT2D eigenvalue weighted by atomic mass is 10.1. The Hall–Kier alpha value is -1.82. The van der Waals surface area contributed by atoms with Gasteiger partial charge in [-0.3, -0.25) is 0 Å². The first-order valence-corrected chi connectivity index (χ1v) is 6.40. The summed E-state index contributed by atoms with van der Waals surface area (Å²) < 4.78 is 15.0. The molecule has 0 aliphatic carbocycles. The number of benzene rings is 1. The Labute approximate surface area is 111 Å². The van der Waals surface area contributed by atoms with Gasteiger partial charge in [-0.05, 0) is 48.5 Å². The van der Waals surface area contributed by atoms with Crippen LogP contribution in [0.3, 0.4) is 0 Å². The summed E-state index contributed by atoms with van der Waals surface area (Å²) in [6.45, 7) is 6.82. The molecule has 2 rings (SSSR count). The molecule has 0 bridgehead atoms. The van der Waals surface area contributed by atoms with Crippen LogP contribution in [0.5, 0.6) is 0 Å². The van der Waals surface area contributed by atoms with E-state index in [2.05, 4.69) is 20.8 Å². The van der Waals surface area contributed by atoms with Crippen molar-refractivity contribution in [3.63, 3.8) is 0 Å². The van der Waals surface area contributed by atoms with E-state index in [-0.39, 0.29) is 17.9 Å². The fourth-order valence-electron chi connectivity index (χ4n) is 2.07. The molecule has 1 aromatic heterocycles. The Morgan fingerprint density at radius 3 is 2.84 bits per heavy atom. The molecule has 0 aliphatic rings. The molecule has 1 heterocycles. The van der Waals surface area contributed by atoms with Crippen molar-refractivity contribution in [3.8, 4) is 0 Å². The normalized spacial score (nSPS) is 14.3. The molecular formula is C13H18FN5. The summed E-state index contributed by atoms with van der Waals surface area (Å²) in [5.41, 5.74) is 0.845. The van der Waals surface area contributed by atoms with Gasteiger partial charge in [0.05, 0.1) is 12.1 Å². The van der Waals surface area contributed by atoms with Crippen LogP contribution in [0.15, 0.2) is 24.3 Å². The highest BCUT2D eigenvalue weighted by molar-refractivity contribution is 5.20. The first-order valence-electron chi connectivity index (χ1n) is 6.40. The highest BCUT2D eigenvalue weighted by Gasteiger charge is 2.19. The number of nitrogens with zero attached hydrogens (tertiary/aromatic N) is 4. The van der Waals surface area contributed by atoms with Crippen LogP contribution in [0.2, 0.25) is 0 Å². The summed E-state index contributed by atoms with van der Waals surface area (Å²) in [6.07, 6.45) is 0. The Morgan fingerprint density at radius 2 is 2.16 bits per heavy atom. The molecule has 0 amide bonds. The van der Waals surface area contributed by atoms with E-state index < -0.39 is 0 Å². The predicted molar refractivity (Wildman–Crippen MR) is 70.1 cm³/mol. The first kappa shape index (κ1) is 13.6. The van der Waals surface area contributed by atoms with E-state index in [0.717, 1.165) is 17.9 Å². The van der Waals surface area contributed by atoms with Crippen LogP contribution in [-0.2, 0) is 0 Å². The van der Waals surface area contributed by atoms with Gasteiger partial charge in [0.25, 0.3) is 0 Å². The Balaban J connectivity index is 2.29. The van der Waals surface area contributed by atoms with Crippen molar-refractivity contribution < 1.29 is 4.39 Å². The molecule has 2 unspecified atom stereocenters. The number of tetrazole rings is 1. The van der Waals surface area contributed by atoms with E-state index in [1.54, 1.807) is 10.7 Å². The standard InChI is InChI=1S/C13H18FN5/c1-4-15-9(2)13-16-17-18-19(13)10(3)11-6-5-7-12(14)8-11/h5-10,15H,4H2,1-3H3. The molecule has 2 atom stereocenters. The summed E-state index contributed by atoms with van der Waals surface area (Å²) in [5, 5.41) is 15.1. The van der Waals surface area contributed by atoms with Gasteiger partial charge in [0, 0.05) is 0 Å². The molecule has 0 fully saturated rings. The third kappa shape index (κ3) is 2.96. The Morgan fingerprint density at radius 1 is 1.37 bits per heavy atom. The molecular weight excluding hydrogens is 245 g/mol. The highest BCUT2D eigenvalue weighted by atomic mass is 19.1. The van der Waals surface area contributed by atoms with Gasteiger partial charge in [0.15, 0.2) is 5.82 Å². The second-order valence-corrected chi connectivity index (χ2v) is 4.49. The fourth-order valence-corrected chi connectivity index (χ4v) is 2.07. The van der Waals surface area contributed by atoms with Gasteiger partial charge < -0.3 is 5.32 Å². The first-order chi connectivity index (χ1) is 9.13. The molecule has 0 saturated carbocycles. The van der Waals surface area contributed by atoms with Crippen LogP contribution < -0.4 is 5.32 Å². The lowest BCUT2D eigenvalue weighted by molar-refractivity contribution is 0.469. The smallest absolute Gasteiger partial charge is 0.168 e. The van der Waals surface area contributed by atoms with Gasteiger partial charge in [-0.1, -0.05) is 19.1 Å². The third-order valence-electron chi connectivity index (χ3n) is 3.11. The average molecular weight is 263 g/mol. The second kappa shape index (κ2) is 5.88. The van der Waals surface area contributed by atoms with Crippen LogP contribution in [0, 0.1) is 5.82 Å². The largest absolute Gasteiger partial charge is 0.308 e. The number of nitrogens with one attached hydrogen (secondary N) is 1. The summed E-state index contributed by atoms with van der Waals surface area (Å²) in [5.74, 6) is 0.498. The summed E-state index contributed by atoms with van der Waals surface area (Å²) in [6, 6.07) is 6.44. The topological polar surface area (TPSA) is 55.6 Å². The van der Waals surface area contributed by atoms with E-state index in [0.29, 0.717) is 0 Å². The van der Waals surface area contributed by atoms with E-state index in [4.69, 9.17) is 0 Å². The number of hydrogen-bond donors (Lipinski definition) is 1. The van der Waals surface area contributed by atoms with Gasteiger partial charge in [0.1, 0.15) is 5.82 Å². The van der Waals surface area contributed by atoms with Crippen molar-refractivity contribution in [1.82, 2.24) is 25.5 Å². The molecule has 6 heteroatoms. The monoisotopic (exact) mass is 263 g/mol. The zero-order chi connectivity index (χ0) is 13.8. The number of rotatable bonds is 5. The quantitative estimate of drug-likeness (QED) is 0.897. The molecule has 1 N–H and O–H groups in total. The SMILES string of the molecule is CCNC(C)c1nnnn1C(C)c1cccc(F)c1. The van der Waals surface area contributed by atoms with E-state index >= 15 is 0 Å². The van der Waals surface area contributed by atoms with Crippen molar-refractivity contribution in [2.45, 2.75) is 32.9 Å². The maximum Gasteiger partial charge on any atom is 0.168 e. The number of aromatic nitrogens is 4. The molecule has 102 valence electrons. The molecule has 2 aromatic rings. The second-order valence-electron chi connectivity index (χ2n) is 4.49. The van der Waals surface area contributed by atoms with Gasteiger partial charge in [-0.25, -0.2) is 9.07 Å². The summed E-state index contributed by atoms with van der Waals surface area (Å²) in [4.78, 5) is 0. The zero-order valence-corrected chi connectivity index (χ0v) is 11.3. The van der Waals surface area contributed by atoms with Crippen LogP contribution >= 0.6 is 0 Å². The highest BCUT2D eigenvalue weighted by Crippen LogP contribution is 2.20. The van der Waals surface area contributed by atoms with Crippen LogP contribution in [0.25, 0.3) is 0 Å². The average Bonchev–Trinajstić information content (AvgIpc) is 2.87. The molecule has 5 nitrogen and oxygen atoms in total. The summed E-state index contributed by atoms with van der Waals surface area (Å²) >= 11 is 0. The van der Waals surface area contributed by atoms with E-state index in [9.17, 15) is 4.39 Å². The Bertz CT molecular complexity index is 539. The fraction of sp³-hybridized carbons (Fsp3) is 0.462. The molecule has 19 heavy (non-hydrogen) atoms. The Kier molecular flexibility index (Phi) is 4.21. The minimum absolute atomic E-state index is 0.0519.